The van der Waals surface area contributed by atoms with Crippen molar-refractivity contribution in [3.8, 4) is 11.1 Å². The van der Waals surface area contributed by atoms with Crippen LogP contribution >= 0.6 is 0 Å². The van der Waals surface area contributed by atoms with Crippen LogP contribution in [0.2, 0.25) is 0 Å². The first-order chi connectivity index (χ1) is 16.4. The van der Waals surface area contributed by atoms with Crippen molar-refractivity contribution in [1.29, 1.82) is 0 Å². The number of hydrogen-bond donors (Lipinski definition) is 0. The van der Waals surface area contributed by atoms with Crippen molar-refractivity contribution in [2.24, 2.45) is 0 Å². The Kier molecular flexibility index (Phi) is 16.1. The van der Waals surface area contributed by atoms with Crippen molar-refractivity contribution in [1.82, 2.24) is 0 Å². The predicted octanol–water partition coefficient (Wildman–Crippen LogP) is 1.29. The van der Waals surface area contributed by atoms with E-state index in [2.05, 4.69) is 103 Å². The van der Waals surface area contributed by atoms with Crippen LogP contribution in [-0.4, -0.2) is 9.52 Å². The van der Waals surface area contributed by atoms with E-state index in [-0.39, 0.29) is 51.0 Å². The fraction of sp³-hybridized carbons (Fsp3) is 0.0938. The zero-order valence-corrected chi connectivity index (χ0v) is 25.3. The van der Waals surface area contributed by atoms with Crippen molar-refractivity contribution < 1.29 is 51.0 Å². The number of benzene rings is 4. The number of fused-ring (bicyclic) bond motifs is 3. The van der Waals surface area contributed by atoms with Crippen LogP contribution in [0.4, 0.5) is 0 Å². The molecule has 6 rings (SSSR count). The van der Waals surface area contributed by atoms with Crippen molar-refractivity contribution in [2.75, 3.05) is 0 Å². The summed E-state index contributed by atoms with van der Waals surface area (Å²) in [4.78, 5) is 0. The van der Waals surface area contributed by atoms with Gasteiger partial charge in [0.05, 0.1) is 0 Å². The Morgan fingerprint density at radius 3 is 1.69 bits per heavy atom. The van der Waals surface area contributed by atoms with Crippen LogP contribution in [0, 0.1) is 6.07 Å². The summed E-state index contributed by atoms with van der Waals surface area (Å²) in [6, 6.07) is 52.2. The van der Waals surface area contributed by atoms with Gasteiger partial charge < -0.3 is 24.8 Å². The van der Waals surface area contributed by atoms with Crippen LogP contribution < -0.4 is 24.8 Å². The molecular weight excluding hydrogens is 575 g/mol. The van der Waals surface area contributed by atoms with Gasteiger partial charge in [-0.3, -0.25) is 0 Å². The summed E-state index contributed by atoms with van der Waals surface area (Å²) in [5.41, 5.74) is 8.46. The predicted molar refractivity (Wildman–Crippen MR) is 143 cm³/mol. The molecule has 0 saturated carbocycles. The monoisotopic (exact) mass is 601 g/mol. The molecule has 4 heteroatoms. The summed E-state index contributed by atoms with van der Waals surface area (Å²) < 4.78 is 0. The van der Waals surface area contributed by atoms with Gasteiger partial charge >= 0.3 is 26.2 Å². The van der Waals surface area contributed by atoms with Gasteiger partial charge in [-0.15, -0.1) is 5.56 Å². The molecule has 0 saturated heterocycles. The zero-order chi connectivity index (χ0) is 22.6. The van der Waals surface area contributed by atoms with E-state index in [4.69, 9.17) is 0 Å². The van der Waals surface area contributed by atoms with Crippen LogP contribution in [0.1, 0.15) is 22.3 Å². The smallest absolute Gasteiger partial charge is 1.00 e. The Balaban J connectivity index is 0.000000284. The summed E-state index contributed by atoms with van der Waals surface area (Å²) in [5, 5.41) is 0. The largest absolute Gasteiger partial charge is 4.00 e. The first-order valence-corrected chi connectivity index (χ1v) is 13.2. The minimum atomic E-state index is 0. The molecular formula is C32H29Cl2SiZr. The quantitative estimate of drug-likeness (QED) is 0.211. The molecule has 179 valence electrons. The fourth-order valence-corrected chi connectivity index (χ4v) is 5.31. The molecule has 1 aliphatic carbocycles. The normalized spacial score (nSPS) is 9.78. The van der Waals surface area contributed by atoms with Gasteiger partial charge in [-0.2, -0.15) is 48.0 Å². The third-order valence-electron chi connectivity index (χ3n) is 5.62. The van der Waals surface area contributed by atoms with E-state index >= 15 is 0 Å². The number of hydrogen-bond acceptors (Lipinski definition) is 0. The molecule has 0 spiro atoms. The van der Waals surface area contributed by atoms with Gasteiger partial charge in [-0.25, -0.2) is 12.1 Å². The van der Waals surface area contributed by atoms with E-state index in [0.29, 0.717) is 9.52 Å². The molecule has 0 unspecified atom stereocenters. The summed E-state index contributed by atoms with van der Waals surface area (Å²) in [7, 11) is 0.501. The Morgan fingerprint density at radius 1 is 0.611 bits per heavy atom. The second-order valence-corrected chi connectivity index (χ2v) is 9.42. The van der Waals surface area contributed by atoms with Gasteiger partial charge in [0, 0.05) is 9.52 Å². The molecule has 0 amide bonds. The average Bonchev–Trinajstić information content (AvgIpc) is 3.58. The zero-order valence-electron chi connectivity index (χ0n) is 20.2. The number of rotatable bonds is 4. The molecule has 1 aliphatic rings. The molecule has 0 bridgehead atoms. The minimum Gasteiger partial charge on any atom is -1.00 e. The second kappa shape index (κ2) is 18.2. The van der Waals surface area contributed by atoms with Gasteiger partial charge in [0.1, 0.15) is 0 Å². The third-order valence-corrected chi connectivity index (χ3v) is 7.14. The standard InChI is InChI=1S/C14H15Si.C13H9.C5H5.2ClH.Zr/c1-3-7-13(8-4-1)11-15-12-14-9-5-2-6-10-14;1-3-7-12-10(5-1)9-11-6-2-4-8-13(11)12;1-2-4-5-3-1;;;/h1-10,15H,11-12H2;1-5,7-8H,9H2;1-5H;2*1H;/q;2*-1;;;+4/p-2. The van der Waals surface area contributed by atoms with Crippen LogP contribution in [0.5, 0.6) is 0 Å². The van der Waals surface area contributed by atoms with Gasteiger partial charge in [-0.1, -0.05) is 107 Å². The topological polar surface area (TPSA) is 0 Å². The van der Waals surface area contributed by atoms with E-state index < -0.39 is 0 Å². The van der Waals surface area contributed by atoms with E-state index in [1.807, 2.05) is 36.4 Å². The maximum Gasteiger partial charge on any atom is 4.00 e. The molecule has 36 heavy (non-hydrogen) atoms. The summed E-state index contributed by atoms with van der Waals surface area (Å²) >= 11 is 0. The first kappa shape index (κ1) is 31.9. The Labute approximate surface area is 250 Å². The summed E-state index contributed by atoms with van der Waals surface area (Å²) in [6.45, 7) is 0. The summed E-state index contributed by atoms with van der Waals surface area (Å²) in [5.74, 6) is 0. The molecule has 0 heterocycles. The van der Waals surface area contributed by atoms with Crippen LogP contribution in [-0.2, 0) is 44.7 Å². The van der Waals surface area contributed by atoms with E-state index in [0.717, 1.165) is 6.42 Å². The van der Waals surface area contributed by atoms with Crippen molar-refractivity contribution in [3.05, 3.63) is 162 Å². The van der Waals surface area contributed by atoms with Gasteiger partial charge in [-0.05, 0) is 18.5 Å². The van der Waals surface area contributed by atoms with Crippen molar-refractivity contribution >= 4 is 9.52 Å². The molecule has 0 aliphatic heterocycles. The Hall–Kier alpha value is -2.09. The molecule has 0 aromatic heterocycles. The molecule has 5 aromatic rings. The number of halogens is 2. The van der Waals surface area contributed by atoms with E-state index in [1.54, 1.807) is 0 Å². The van der Waals surface area contributed by atoms with Crippen LogP contribution in [0.25, 0.3) is 11.1 Å². The first-order valence-electron chi connectivity index (χ1n) is 11.5. The third kappa shape index (κ3) is 10.1. The van der Waals surface area contributed by atoms with E-state index in [9.17, 15) is 0 Å². The van der Waals surface area contributed by atoms with Crippen LogP contribution in [0.15, 0.2) is 133 Å². The SMILES string of the molecule is [Cl-].[Cl-].[Zr+4].[c-]1cccc2c1Cc1ccccc1-2.c1cc[cH-]c1.c1ccc(C[SiH]Cc2ccccc2)cc1. The van der Waals surface area contributed by atoms with Crippen molar-refractivity contribution in [2.45, 2.75) is 18.5 Å². The van der Waals surface area contributed by atoms with Crippen LogP contribution in [0.3, 0.4) is 0 Å². The summed E-state index contributed by atoms with van der Waals surface area (Å²) in [6.07, 6.45) is 1.05. The molecule has 0 nitrogen and oxygen atoms in total. The Bertz CT molecular complexity index is 1110. The fourth-order valence-electron chi connectivity index (χ4n) is 3.95. The van der Waals surface area contributed by atoms with Gasteiger partial charge in [0.15, 0.2) is 0 Å². The maximum absolute atomic E-state index is 3.30. The molecule has 5 aromatic carbocycles. The average molecular weight is 604 g/mol. The van der Waals surface area contributed by atoms with Crippen molar-refractivity contribution in [3.63, 3.8) is 0 Å². The van der Waals surface area contributed by atoms with Gasteiger partial charge in [0.2, 0.25) is 0 Å². The van der Waals surface area contributed by atoms with E-state index in [1.165, 1.54) is 45.5 Å². The minimum absolute atomic E-state index is 0. The maximum atomic E-state index is 3.30. The van der Waals surface area contributed by atoms with Gasteiger partial charge in [0.25, 0.3) is 0 Å². The molecule has 0 atom stereocenters. The molecule has 1 radical (unpaired) electrons. The molecule has 0 N–H and O–H groups in total. The molecule has 0 fully saturated rings. The second-order valence-electron chi connectivity index (χ2n) is 8.03. The Morgan fingerprint density at radius 2 is 1.14 bits per heavy atom.